The number of nitrogens with one attached hydrogen (secondary N) is 1. The van der Waals surface area contributed by atoms with E-state index in [1.54, 1.807) is 6.07 Å². The molecule has 1 heterocycles. The van der Waals surface area contributed by atoms with Gasteiger partial charge in [0.05, 0.1) is 10.9 Å². The van der Waals surface area contributed by atoms with E-state index in [1.807, 2.05) is 43.3 Å². The first-order chi connectivity index (χ1) is 9.15. The third-order valence-corrected chi connectivity index (χ3v) is 3.55. The van der Waals surface area contributed by atoms with Crippen molar-refractivity contribution in [3.8, 4) is 11.4 Å². The van der Waals surface area contributed by atoms with E-state index in [-0.39, 0.29) is 5.56 Å². The maximum absolute atomic E-state index is 12.0. The minimum absolute atomic E-state index is 0.108. The molecule has 0 aliphatic heterocycles. The Hall–Kier alpha value is -1.94. The molecule has 2 aromatic carbocycles. The lowest BCUT2D eigenvalue weighted by Crippen LogP contribution is -2.09. The zero-order chi connectivity index (χ0) is 13.4. The van der Waals surface area contributed by atoms with Gasteiger partial charge >= 0.3 is 0 Å². The minimum Gasteiger partial charge on any atom is -0.306 e. The third-order valence-electron chi connectivity index (χ3n) is 3.06. The van der Waals surface area contributed by atoms with Crippen LogP contribution in [-0.4, -0.2) is 9.97 Å². The van der Waals surface area contributed by atoms with Crippen molar-refractivity contribution in [2.45, 2.75) is 6.92 Å². The number of aryl methyl sites for hydroxylation is 1. The van der Waals surface area contributed by atoms with Crippen LogP contribution in [0, 0.1) is 6.92 Å². The number of rotatable bonds is 1. The summed E-state index contributed by atoms with van der Waals surface area (Å²) in [5.41, 5.74) is 2.60. The van der Waals surface area contributed by atoms with Gasteiger partial charge in [0, 0.05) is 10.0 Å². The van der Waals surface area contributed by atoms with Crippen LogP contribution in [0.15, 0.2) is 51.7 Å². The van der Waals surface area contributed by atoms with Gasteiger partial charge in [0.2, 0.25) is 0 Å². The van der Waals surface area contributed by atoms with Gasteiger partial charge in [-0.05, 0) is 42.8 Å². The Balaban J connectivity index is 2.28. The Bertz CT molecular complexity index is 824. The van der Waals surface area contributed by atoms with Gasteiger partial charge in [-0.15, -0.1) is 0 Å². The molecule has 0 bridgehead atoms. The molecule has 0 saturated heterocycles. The second-order valence-corrected chi connectivity index (χ2v) is 5.31. The first-order valence-electron chi connectivity index (χ1n) is 5.91. The summed E-state index contributed by atoms with van der Waals surface area (Å²) in [5.74, 6) is 0.605. The van der Waals surface area contributed by atoms with Crippen molar-refractivity contribution in [1.82, 2.24) is 9.97 Å². The van der Waals surface area contributed by atoms with Crippen LogP contribution in [0.5, 0.6) is 0 Å². The number of aromatic nitrogens is 2. The molecule has 3 nitrogen and oxygen atoms in total. The highest BCUT2D eigenvalue weighted by atomic mass is 79.9. The zero-order valence-corrected chi connectivity index (χ0v) is 11.9. The standard InChI is InChI=1S/C15H11BrN2O/c1-9-8-10(16)6-7-11(9)14-17-13-5-3-2-4-12(13)15(19)18-14/h2-8H,1H3,(H,17,18,19). The van der Waals surface area contributed by atoms with E-state index in [4.69, 9.17) is 0 Å². The Labute approximate surface area is 118 Å². The van der Waals surface area contributed by atoms with Crippen LogP contribution in [0.4, 0.5) is 0 Å². The zero-order valence-electron chi connectivity index (χ0n) is 10.3. The van der Waals surface area contributed by atoms with Gasteiger partial charge in [-0.2, -0.15) is 0 Å². The van der Waals surface area contributed by atoms with E-state index in [9.17, 15) is 4.79 Å². The highest BCUT2D eigenvalue weighted by Crippen LogP contribution is 2.23. The summed E-state index contributed by atoms with van der Waals surface area (Å²) in [7, 11) is 0. The average Bonchev–Trinajstić information content (AvgIpc) is 2.38. The molecule has 0 amide bonds. The molecule has 0 atom stereocenters. The van der Waals surface area contributed by atoms with Gasteiger partial charge in [0.25, 0.3) is 5.56 Å². The first-order valence-corrected chi connectivity index (χ1v) is 6.70. The fraction of sp³-hybridized carbons (Fsp3) is 0.0667. The molecular formula is C15H11BrN2O. The predicted octanol–water partition coefficient (Wildman–Crippen LogP) is 3.66. The maximum Gasteiger partial charge on any atom is 0.259 e. The molecule has 3 rings (SSSR count). The molecule has 1 N–H and O–H groups in total. The van der Waals surface area contributed by atoms with Gasteiger partial charge in [-0.1, -0.05) is 28.1 Å². The summed E-state index contributed by atoms with van der Waals surface area (Å²) in [6, 6.07) is 13.2. The maximum atomic E-state index is 12.0. The lowest BCUT2D eigenvalue weighted by molar-refractivity contribution is 1.17. The van der Waals surface area contributed by atoms with Crippen molar-refractivity contribution in [2.75, 3.05) is 0 Å². The van der Waals surface area contributed by atoms with Crippen LogP contribution in [0.2, 0.25) is 0 Å². The molecule has 3 aromatic rings. The SMILES string of the molecule is Cc1cc(Br)ccc1-c1nc2ccccc2c(=O)[nH]1. The van der Waals surface area contributed by atoms with Crippen molar-refractivity contribution in [1.29, 1.82) is 0 Å². The molecule has 4 heteroatoms. The number of hydrogen-bond donors (Lipinski definition) is 1. The molecule has 94 valence electrons. The summed E-state index contributed by atoms with van der Waals surface area (Å²) in [6.07, 6.45) is 0. The van der Waals surface area contributed by atoms with Gasteiger partial charge in [0.15, 0.2) is 0 Å². The number of H-pyrrole nitrogens is 1. The smallest absolute Gasteiger partial charge is 0.259 e. The molecule has 0 saturated carbocycles. The number of fused-ring (bicyclic) bond motifs is 1. The topological polar surface area (TPSA) is 45.8 Å². The molecule has 0 radical (unpaired) electrons. The average molecular weight is 315 g/mol. The van der Waals surface area contributed by atoms with E-state index in [0.717, 1.165) is 15.6 Å². The van der Waals surface area contributed by atoms with E-state index in [2.05, 4.69) is 25.9 Å². The normalized spacial score (nSPS) is 10.8. The molecule has 0 fully saturated rings. The largest absolute Gasteiger partial charge is 0.306 e. The number of benzene rings is 2. The van der Waals surface area contributed by atoms with E-state index in [0.29, 0.717) is 16.7 Å². The molecule has 0 unspecified atom stereocenters. The second kappa shape index (κ2) is 4.63. The van der Waals surface area contributed by atoms with Crippen molar-refractivity contribution in [3.63, 3.8) is 0 Å². The van der Waals surface area contributed by atoms with Gasteiger partial charge in [-0.3, -0.25) is 4.79 Å². The molecule has 1 aromatic heterocycles. The summed E-state index contributed by atoms with van der Waals surface area (Å²) < 4.78 is 1.01. The predicted molar refractivity (Wildman–Crippen MR) is 80.2 cm³/mol. The number of nitrogens with zero attached hydrogens (tertiary/aromatic N) is 1. The van der Waals surface area contributed by atoms with Crippen LogP contribution in [0.3, 0.4) is 0 Å². The van der Waals surface area contributed by atoms with Gasteiger partial charge in [-0.25, -0.2) is 4.98 Å². The summed E-state index contributed by atoms with van der Waals surface area (Å²) in [4.78, 5) is 19.4. The second-order valence-electron chi connectivity index (χ2n) is 4.39. The minimum atomic E-state index is -0.108. The fourth-order valence-electron chi connectivity index (χ4n) is 2.11. The van der Waals surface area contributed by atoms with Crippen LogP contribution in [0.1, 0.15) is 5.56 Å². The highest BCUT2D eigenvalue weighted by Gasteiger charge is 2.07. The lowest BCUT2D eigenvalue weighted by Gasteiger charge is -2.06. The molecule has 19 heavy (non-hydrogen) atoms. The van der Waals surface area contributed by atoms with E-state index >= 15 is 0 Å². The lowest BCUT2D eigenvalue weighted by atomic mass is 10.1. The van der Waals surface area contributed by atoms with Gasteiger partial charge in [0.1, 0.15) is 5.82 Å². The Morgan fingerprint density at radius 1 is 1.16 bits per heavy atom. The molecular weight excluding hydrogens is 304 g/mol. The van der Waals surface area contributed by atoms with Crippen LogP contribution >= 0.6 is 15.9 Å². The van der Waals surface area contributed by atoms with Gasteiger partial charge < -0.3 is 4.98 Å². The fourth-order valence-corrected chi connectivity index (χ4v) is 2.58. The van der Waals surface area contributed by atoms with E-state index in [1.165, 1.54) is 0 Å². The molecule has 0 aliphatic carbocycles. The Kier molecular flexibility index (Phi) is 2.95. The third kappa shape index (κ3) is 2.19. The number of hydrogen-bond acceptors (Lipinski definition) is 2. The number of para-hydroxylation sites is 1. The monoisotopic (exact) mass is 314 g/mol. The highest BCUT2D eigenvalue weighted by molar-refractivity contribution is 9.10. The van der Waals surface area contributed by atoms with Crippen molar-refractivity contribution < 1.29 is 0 Å². The summed E-state index contributed by atoms with van der Waals surface area (Å²) in [5, 5.41) is 0.612. The van der Waals surface area contributed by atoms with Crippen LogP contribution < -0.4 is 5.56 Å². The Morgan fingerprint density at radius 2 is 1.95 bits per heavy atom. The summed E-state index contributed by atoms with van der Waals surface area (Å²) in [6.45, 7) is 2.00. The molecule has 0 aliphatic rings. The molecule has 0 spiro atoms. The van der Waals surface area contributed by atoms with Crippen molar-refractivity contribution in [3.05, 3.63) is 62.9 Å². The Morgan fingerprint density at radius 3 is 2.74 bits per heavy atom. The van der Waals surface area contributed by atoms with E-state index < -0.39 is 0 Å². The van der Waals surface area contributed by atoms with Crippen molar-refractivity contribution in [2.24, 2.45) is 0 Å². The number of aromatic amines is 1. The van der Waals surface area contributed by atoms with Crippen LogP contribution in [0.25, 0.3) is 22.3 Å². The van der Waals surface area contributed by atoms with Crippen LogP contribution in [-0.2, 0) is 0 Å². The first kappa shape index (κ1) is 12.1. The quantitative estimate of drug-likeness (QED) is 0.745. The summed E-state index contributed by atoms with van der Waals surface area (Å²) >= 11 is 3.43. The van der Waals surface area contributed by atoms with Crippen molar-refractivity contribution >= 4 is 26.8 Å². The number of halogens is 1.